The molecule has 4 nitrogen and oxygen atoms in total. The highest BCUT2D eigenvalue weighted by Crippen LogP contribution is 2.31. The average molecular weight is 265 g/mol. The van der Waals surface area contributed by atoms with E-state index in [0.29, 0.717) is 17.9 Å². The number of hydrogen-bond donors (Lipinski definition) is 1. The molecule has 19 heavy (non-hydrogen) atoms. The van der Waals surface area contributed by atoms with Crippen molar-refractivity contribution in [2.45, 2.75) is 51.1 Å². The summed E-state index contributed by atoms with van der Waals surface area (Å²) in [6, 6.07) is 0.848. The molecule has 108 valence electrons. The lowest BCUT2D eigenvalue weighted by molar-refractivity contribution is -0.141. The minimum atomic E-state index is 0.178. The van der Waals surface area contributed by atoms with Crippen LogP contribution >= 0.6 is 0 Å². The highest BCUT2D eigenvalue weighted by molar-refractivity contribution is 5.79. The highest BCUT2D eigenvalue weighted by Gasteiger charge is 2.38. The van der Waals surface area contributed by atoms with Gasteiger partial charge in [-0.1, -0.05) is 13.3 Å². The number of carbonyl (C=O) groups excluding carboxylic acids is 1. The summed E-state index contributed by atoms with van der Waals surface area (Å²) in [5, 5.41) is 0. The van der Waals surface area contributed by atoms with Crippen LogP contribution in [-0.4, -0.2) is 54.0 Å². The molecule has 3 rings (SSSR count). The predicted molar refractivity (Wildman–Crippen MR) is 75.7 cm³/mol. The number of rotatable bonds is 1. The quantitative estimate of drug-likeness (QED) is 0.771. The van der Waals surface area contributed by atoms with Gasteiger partial charge in [0.25, 0.3) is 0 Å². The van der Waals surface area contributed by atoms with Gasteiger partial charge in [0, 0.05) is 37.6 Å². The van der Waals surface area contributed by atoms with E-state index in [4.69, 9.17) is 5.73 Å². The Balaban J connectivity index is 1.63. The average Bonchev–Trinajstić information content (AvgIpc) is 2.88. The van der Waals surface area contributed by atoms with E-state index in [1.807, 2.05) is 0 Å². The van der Waals surface area contributed by atoms with Gasteiger partial charge < -0.3 is 10.6 Å². The number of hydrogen-bond acceptors (Lipinski definition) is 3. The van der Waals surface area contributed by atoms with Crippen LogP contribution in [0.25, 0.3) is 0 Å². The lowest BCUT2D eigenvalue weighted by atomic mass is 9.76. The second-order valence-electron chi connectivity index (χ2n) is 6.68. The molecule has 4 unspecified atom stereocenters. The third-order valence-electron chi connectivity index (χ3n) is 5.58. The lowest BCUT2D eigenvalue weighted by Gasteiger charge is -2.41. The Morgan fingerprint density at radius 1 is 1.11 bits per heavy atom. The zero-order chi connectivity index (χ0) is 13.4. The first-order valence-electron chi connectivity index (χ1n) is 7.95. The molecule has 2 heterocycles. The molecule has 3 fully saturated rings. The smallest absolute Gasteiger partial charge is 0.226 e. The molecule has 0 radical (unpaired) electrons. The van der Waals surface area contributed by atoms with Crippen molar-refractivity contribution in [1.82, 2.24) is 9.80 Å². The summed E-state index contributed by atoms with van der Waals surface area (Å²) in [4.78, 5) is 17.4. The molecule has 2 saturated heterocycles. The highest BCUT2D eigenvalue weighted by atomic mass is 16.2. The number of amides is 1. The molecule has 1 saturated carbocycles. The summed E-state index contributed by atoms with van der Waals surface area (Å²) in [6.45, 7) is 6.35. The van der Waals surface area contributed by atoms with Gasteiger partial charge >= 0.3 is 0 Å². The Labute approximate surface area is 116 Å². The van der Waals surface area contributed by atoms with E-state index in [1.165, 1.54) is 19.4 Å². The van der Waals surface area contributed by atoms with Crippen molar-refractivity contribution < 1.29 is 4.79 Å². The maximum Gasteiger partial charge on any atom is 0.226 e. The molecule has 0 aromatic carbocycles. The van der Waals surface area contributed by atoms with E-state index in [0.717, 1.165) is 38.9 Å². The summed E-state index contributed by atoms with van der Waals surface area (Å²) in [7, 11) is 0. The minimum Gasteiger partial charge on any atom is -0.340 e. The van der Waals surface area contributed by atoms with Gasteiger partial charge in [-0.15, -0.1) is 0 Å². The van der Waals surface area contributed by atoms with Crippen LogP contribution in [0.2, 0.25) is 0 Å². The lowest BCUT2D eigenvalue weighted by Crippen LogP contribution is -2.55. The van der Waals surface area contributed by atoms with Crippen molar-refractivity contribution in [2.75, 3.05) is 26.2 Å². The molecule has 4 heteroatoms. The van der Waals surface area contributed by atoms with Gasteiger partial charge in [-0.25, -0.2) is 0 Å². The Morgan fingerprint density at radius 3 is 2.79 bits per heavy atom. The second kappa shape index (κ2) is 5.41. The third-order valence-corrected chi connectivity index (χ3v) is 5.58. The van der Waals surface area contributed by atoms with Gasteiger partial charge in [-0.3, -0.25) is 9.69 Å². The van der Waals surface area contributed by atoms with Crippen LogP contribution < -0.4 is 5.73 Å². The maximum atomic E-state index is 12.7. The fourth-order valence-corrected chi connectivity index (χ4v) is 4.17. The monoisotopic (exact) mass is 265 g/mol. The molecule has 0 aromatic rings. The number of nitrogens with zero attached hydrogens (tertiary/aromatic N) is 2. The van der Waals surface area contributed by atoms with Gasteiger partial charge in [-0.05, 0) is 38.1 Å². The summed E-state index contributed by atoms with van der Waals surface area (Å²) < 4.78 is 0. The molecule has 0 bridgehead atoms. The van der Waals surface area contributed by atoms with Crippen LogP contribution in [0.4, 0.5) is 0 Å². The molecule has 1 aliphatic carbocycles. The van der Waals surface area contributed by atoms with Gasteiger partial charge in [0.2, 0.25) is 5.91 Å². The van der Waals surface area contributed by atoms with Crippen LogP contribution in [0.5, 0.6) is 0 Å². The van der Waals surface area contributed by atoms with Crippen molar-refractivity contribution in [3.8, 4) is 0 Å². The third kappa shape index (κ3) is 2.52. The zero-order valence-corrected chi connectivity index (χ0v) is 12.1. The maximum absolute atomic E-state index is 12.7. The van der Waals surface area contributed by atoms with Crippen LogP contribution in [0.15, 0.2) is 0 Å². The predicted octanol–water partition coefficient (Wildman–Crippen LogP) is 1.06. The number of fused-ring (bicyclic) bond motifs is 1. The number of piperazine rings is 1. The fourth-order valence-electron chi connectivity index (χ4n) is 4.17. The fraction of sp³-hybridized carbons (Fsp3) is 0.933. The van der Waals surface area contributed by atoms with Crippen molar-refractivity contribution >= 4 is 5.91 Å². The van der Waals surface area contributed by atoms with Crippen molar-refractivity contribution in [1.29, 1.82) is 0 Å². The molecule has 4 atom stereocenters. The topological polar surface area (TPSA) is 49.6 Å². The summed E-state index contributed by atoms with van der Waals surface area (Å²) in [6.07, 6.45) is 5.81. The van der Waals surface area contributed by atoms with Gasteiger partial charge in [-0.2, -0.15) is 0 Å². The standard InChI is InChI=1S/C15H27N3O/c1-11-13(5-2-6-14(11)16)15(19)18-9-8-17-7-3-4-12(17)10-18/h11-14H,2-10,16H2,1H3. The molecule has 3 aliphatic rings. The van der Waals surface area contributed by atoms with E-state index >= 15 is 0 Å². The molecule has 1 amide bonds. The van der Waals surface area contributed by atoms with Gasteiger partial charge in [0.1, 0.15) is 0 Å². The van der Waals surface area contributed by atoms with Crippen LogP contribution in [0.1, 0.15) is 39.0 Å². The number of carbonyl (C=O) groups is 1. The molecule has 2 N–H and O–H groups in total. The van der Waals surface area contributed by atoms with Crippen LogP contribution in [-0.2, 0) is 4.79 Å². The van der Waals surface area contributed by atoms with Gasteiger partial charge in [0.15, 0.2) is 0 Å². The molecule has 0 aromatic heterocycles. The zero-order valence-electron chi connectivity index (χ0n) is 12.1. The Hall–Kier alpha value is -0.610. The largest absolute Gasteiger partial charge is 0.340 e. The SMILES string of the molecule is CC1C(N)CCCC1C(=O)N1CCN2CCCC2C1. The Kier molecular flexibility index (Phi) is 3.81. The Morgan fingerprint density at radius 2 is 1.95 bits per heavy atom. The summed E-state index contributed by atoms with van der Waals surface area (Å²) >= 11 is 0. The second-order valence-corrected chi connectivity index (χ2v) is 6.68. The molecular formula is C15H27N3O. The van der Waals surface area contributed by atoms with Crippen molar-refractivity contribution in [2.24, 2.45) is 17.6 Å². The normalized spacial score (nSPS) is 40.2. The Bertz CT molecular complexity index is 346. The van der Waals surface area contributed by atoms with Crippen molar-refractivity contribution in [3.05, 3.63) is 0 Å². The van der Waals surface area contributed by atoms with E-state index in [-0.39, 0.29) is 12.0 Å². The first-order valence-corrected chi connectivity index (χ1v) is 7.95. The van der Waals surface area contributed by atoms with E-state index in [1.54, 1.807) is 0 Å². The van der Waals surface area contributed by atoms with E-state index in [2.05, 4.69) is 16.7 Å². The first-order chi connectivity index (χ1) is 9.16. The van der Waals surface area contributed by atoms with Crippen LogP contribution in [0, 0.1) is 11.8 Å². The van der Waals surface area contributed by atoms with Gasteiger partial charge in [0.05, 0.1) is 0 Å². The van der Waals surface area contributed by atoms with E-state index < -0.39 is 0 Å². The molecule has 2 aliphatic heterocycles. The molecular weight excluding hydrogens is 238 g/mol. The first kappa shape index (κ1) is 13.4. The molecule has 0 spiro atoms. The summed E-state index contributed by atoms with van der Waals surface area (Å²) in [5.74, 6) is 0.911. The number of nitrogens with two attached hydrogens (primary N) is 1. The van der Waals surface area contributed by atoms with E-state index in [9.17, 15) is 4.79 Å². The summed E-state index contributed by atoms with van der Waals surface area (Å²) in [5.41, 5.74) is 6.14. The minimum absolute atomic E-state index is 0.178. The van der Waals surface area contributed by atoms with Crippen LogP contribution in [0.3, 0.4) is 0 Å². The van der Waals surface area contributed by atoms with Crippen molar-refractivity contribution in [3.63, 3.8) is 0 Å².